The molecule has 8 nitrogen and oxygen atoms in total. The van der Waals surface area contributed by atoms with Crippen LogP contribution in [0.15, 0.2) is 70.3 Å². The third-order valence-corrected chi connectivity index (χ3v) is 6.12. The minimum atomic E-state index is -0.629. The van der Waals surface area contributed by atoms with E-state index < -0.39 is 11.2 Å². The normalized spacial score (nSPS) is 10.6. The zero-order valence-corrected chi connectivity index (χ0v) is 23.0. The average Bonchev–Trinajstić information content (AvgIpc) is 2.92. The van der Waals surface area contributed by atoms with Crippen molar-refractivity contribution in [2.45, 2.75) is 47.1 Å². The minimum absolute atomic E-state index is 0. The summed E-state index contributed by atoms with van der Waals surface area (Å²) in [5.41, 5.74) is 2.08. The van der Waals surface area contributed by atoms with Gasteiger partial charge in [-0.2, -0.15) is 0 Å². The van der Waals surface area contributed by atoms with Crippen molar-refractivity contribution in [2.24, 2.45) is 0 Å². The van der Waals surface area contributed by atoms with Gasteiger partial charge in [-0.15, -0.1) is 0 Å². The zero-order valence-electron chi connectivity index (χ0n) is 23.0. The van der Waals surface area contributed by atoms with Crippen molar-refractivity contribution in [2.75, 3.05) is 19.5 Å². The highest BCUT2D eigenvalue weighted by molar-refractivity contribution is 5.91. The molecule has 1 amide bonds. The quantitative estimate of drug-likeness (QED) is 0.348. The molecule has 4 aromatic rings. The maximum Gasteiger partial charge on any atom is 0.336 e. The molecule has 0 saturated carbocycles. The van der Waals surface area contributed by atoms with Crippen molar-refractivity contribution in [3.05, 3.63) is 92.6 Å². The maximum absolute atomic E-state index is 13.7. The Balaban J connectivity index is 0.00000174. The number of fused-ring (bicyclic) bond motifs is 1. The van der Waals surface area contributed by atoms with E-state index in [0.29, 0.717) is 45.3 Å². The van der Waals surface area contributed by atoms with E-state index in [-0.39, 0.29) is 13.9 Å². The van der Waals surface area contributed by atoms with Crippen LogP contribution in [0.5, 0.6) is 11.5 Å². The lowest BCUT2D eigenvalue weighted by Gasteiger charge is -2.17. The lowest BCUT2D eigenvalue weighted by atomic mass is 10.0. The first kappa shape index (κ1) is 28.2. The van der Waals surface area contributed by atoms with Gasteiger partial charge in [0.2, 0.25) is 5.91 Å². The number of para-hydroxylation sites is 1. The van der Waals surface area contributed by atoms with E-state index in [9.17, 15) is 14.4 Å². The van der Waals surface area contributed by atoms with Gasteiger partial charge in [0.05, 0.1) is 30.8 Å². The number of hydrogen-bond acceptors (Lipinski definition) is 5. The van der Waals surface area contributed by atoms with Crippen molar-refractivity contribution in [3.63, 3.8) is 0 Å². The van der Waals surface area contributed by atoms with Gasteiger partial charge in [-0.3, -0.25) is 14.2 Å². The lowest BCUT2D eigenvalue weighted by molar-refractivity contribution is -0.116. The number of aromatic nitrogens is 2. The average molecular weight is 520 g/mol. The second-order valence-electron chi connectivity index (χ2n) is 8.85. The van der Waals surface area contributed by atoms with E-state index in [0.717, 1.165) is 10.1 Å². The largest absolute Gasteiger partial charge is 0.493 e. The molecule has 4 rings (SSSR count). The molecule has 0 aliphatic heterocycles. The number of carbonyl (C=O) groups excluding carboxylic acids is 1. The van der Waals surface area contributed by atoms with E-state index >= 15 is 0 Å². The van der Waals surface area contributed by atoms with Gasteiger partial charge in [0.25, 0.3) is 5.56 Å². The highest BCUT2D eigenvalue weighted by atomic mass is 16.5. The predicted molar refractivity (Wildman–Crippen MR) is 154 cm³/mol. The van der Waals surface area contributed by atoms with Gasteiger partial charge in [-0.25, -0.2) is 9.36 Å². The molecule has 1 heterocycles. The van der Waals surface area contributed by atoms with Crippen LogP contribution in [0.4, 0.5) is 5.69 Å². The first-order chi connectivity index (χ1) is 18.2. The van der Waals surface area contributed by atoms with Crippen LogP contribution in [0.2, 0.25) is 0 Å². The van der Waals surface area contributed by atoms with E-state index in [2.05, 4.69) is 19.2 Å². The third kappa shape index (κ3) is 5.64. The van der Waals surface area contributed by atoms with Crippen LogP contribution in [0.3, 0.4) is 0 Å². The standard InChI is InChI=1S/C28H29N3O5.C2H6.H2/c1-17(2)19-10-12-20(13-11-19)29-25(32)16-30-23-9-7-6-8-22(23)27(33)31(28(30)34)21-14-18(3)26(36-5)24(15-21)35-4;1-2;/h6-15,17H,16H2,1-5H3,(H,29,32);1-2H3;1H. The Labute approximate surface area is 223 Å². The number of anilines is 1. The van der Waals surface area contributed by atoms with E-state index in [1.165, 1.54) is 18.8 Å². The summed E-state index contributed by atoms with van der Waals surface area (Å²) >= 11 is 0. The molecule has 0 radical (unpaired) electrons. The fourth-order valence-electron chi connectivity index (χ4n) is 4.26. The summed E-state index contributed by atoms with van der Waals surface area (Å²) in [5, 5.41) is 3.16. The molecule has 0 unspecified atom stereocenters. The second kappa shape index (κ2) is 12.3. The summed E-state index contributed by atoms with van der Waals surface area (Å²) in [4.78, 5) is 40.0. The summed E-state index contributed by atoms with van der Waals surface area (Å²) in [5.74, 6) is 0.897. The van der Waals surface area contributed by atoms with Gasteiger partial charge in [-0.05, 0) is 54.3 Å². The number of benzene rings is 3. The minimum Gasteiger partial charge on any atom is -0.493 e. The molecule has 0 bridgehead atoms. The maximum atomic E-state index is 13.7. The Hall–Kier alpha value is -4.33. The fourth-order valence-corrected chi connectivity index (χ4v) is 4.26. The fraction of sp³-hybridized carbons (Fsp3) is 0.300. The molecule has 0 aliphatic rings. The van der Waals surface area contributed by atoms with Gasteiger partial charge in [0.15, 0.2) is 11.5 Å². The molecule has 3 aromatic carbocycles. The van der Waals surface area contributed by atoms with Crippen LogP contribution in [0.1, 0.15) is 46.2 Å². The zero-order chi connectivity index (χ0) is 28.0. The van der Waals surface area contributed by atoms with Gasteiger partial charge < -0.3 is 14.8 Å². The number of nitrogens with one attached hydrogen (secondary N) is 1. The number of amides is 1. The smallest absolute Gasteiger partial charge is 0.336 e. The lowest BCUT2D eigenvalue weighted by Crippen LogP contribution is -2.40. The Morgan fingerprint density at radius 2 is 1.63 bits per heavy atom. The predicted octanol–water partition coefficient (Wildman–Crippen LogP) is 5.51. The SMILES string of the molecule is CC.COc1cc(-n2c(=O)c3ccccc3n(CC(=O)Nc3ccc(C(C)C)cc3)c2=O)cc(C)c1OC.[HH]. The van der Waals surface area contributed by atoms with E-state index in [1.807, 2.05) is 38.1 Å². The number of nitrogens with zero attached hydrogens (tertiary/aromatic N) is 2. The first-order valence-electron chi connectivity index (χ1n) is 12.6. The molecule has 0 spiro atoms. The second-order valence-corrected chi connectivity index (χ2v) is 8.85. The first-order valence-corrected chi connectivity index (χ1v) is 12.6. The van der Waals surface area contributed by atoms with Gasteiger partial charge in [0, 0.05) is 13.2 Å². The molecule has 0 aliphatic carbocycles. The molecule has 8 heteroatoms. The van der Waals surface area contributed by atoms with Gasteiger partial charge >= 0.3 is 5.69 Å². The van der Waals surface area contributed by atoms with Crippen molar-refractivity contribution in [1.82, 2.24) is 9.13 Å². The Bertz CT molecular complexity index is 1560. The highest BCUT2D eigenvalue weighted by Crippen LogP contribution is 2.32. The molecule has 0 saturated heterocycles. The molecule has 0 atom stereocenters. The Morgan fingerprint density at radius 3 is 2.24 bits per heavy atom. The van der Waals surface area contributed by atoms with Crippen molar-refractivity contribution < 1.29 is 15.7 Å². The number of rotatable bonds is 7. The number of hydrogen-bond donors (Lipinski definition) is 1. The summed E-state index contributed by atoms with van der Waals surface area (Å²) in [6.45, 7) is 9.73. The number of aryl methyl sites for hydroxylation is 1. The van der Waals surface area contributed by atoms with Crippen LogP contribution in [-0.2, 0) is 11.3 Å². The van der Waals surface area contributed by atoms with Crippen molar-refractivity contribution >= 4 is 22.5 Å². The molecule has 1 aromatic heterocycles. The highest BCUT2D eigenvalue weighted by Gasteiger charge is 2.19. The van der Waals surface area contributed by atoms with Crippen molar-refractivity contribution in [1.29, 1.82) is 0 Å². The molecule has 202 valence electrons. The van der Waals surface area contributed by atoms with Crippen LogP contribution in [0, 0.1) is 6.92 Å². The van der Waals surface area contributed by atoms with Crippen molar-refractivity contribution in [3.8, 4) is 17.2 Å². The monoisotopic (exact) mass is 519 g/mol. The topological polar surface area (TPSA) is 91.6 Å². The van der Waals surface area contributed by atoms with Crippen LogP contribution in [0.25, 0.3) is 16.6 Å². The van der Waals surface area contributed by atoms with Crippen LogP contribution < -0.4 is 26.0 Å². The Morgan fingerprint density at radius 1 is 0.974 bits per heavy atom. The number of ether oxygens (including phenoxy) is 2. The number of carbonyl (C=O) groups is 1. The Kier molecular flexibility index (Phi) is 9.12. The molecule has 0 fully saturated rings. The van der Waals surface area contributed by atoms with Gasteiger partial charge in [-0.1, -0.05) is 52.0 Å². The van der Waals surface area contributed by atoms with E-state index in [4.69, 9.17) is 9.47 Å². The molecule has 1 N–H and O–H groups in total. The number of methoxy groups -OCH3 is 2. The molecular weight excluding hydrogens is 482 g/mol. The summed E-state index contributed by atoms with van der Waals surface area (Å²) in [6.07, 6.45) is 0. The van der Waals surface area contributed by atoms with Crippen LogP contribution in [-0.4, -0.2) is 29.3 Å². The summed E-state index contributed by atoms with van der Waals surface area (Å²) in [7, 11) is 3.01. The van der Waals surface area contributed by atoms with E-state index in [1.54, 1.807) is 43.3 Å². The third-order valence-electron chi connectivity index (χ3n) is 6.12. The summed E-state index contributed by atoms with van der Waals surface area (Å²) < 4.78 is 13.2. The summed E-state index contributed by atoms with van der Waals surface area (Å²) in [6, 6.07) is 17.6. The molecule has 38 heavy (non-hydrogen) atoms. The van der Waals surface area contributed by atoms with Crippen LogP contribution >= 0.6 is 0 Å². The molecular formula is C30H37N3O5. The van der Waals surface area contributed by atoms with Gasteiger partial charge in [0.1, 0.15) is 6.54 Å².